The number of hydrogen-bond donors (Lipinski definition) is 5. The van der Waals surface area contributed by atoms with Crippen molar-refractivity contribution in [2.24, 2.45) is 17.6 Å². The van der Waals surface area contributed by atoms with E-state index < -0.39 is 52.7 Å². The number of ether oxygens (including phenoxy) is 1. The summed E-state index contributed by atoms with van der Waals surface area (Å²) in [5.74, 6) is -3.94. The van der Waals surface area contributed by atoms with Gasteiger partial charge in [0, 0.05) is 55.0 Å². The standard InChI is InChI=1S/C28H26N4O7/c1-32(2)18-8-16(12-3-4-15(9-29)31-10-12)23(34)21-17(18)6-13-5-14-7-19(33)22(26(30)37)27(38)11-39-28(14,27)25(36)20(13)24(21)35/h3-4,8,10,13-14,33-35,38H,5-7,11H2,1-2H3,(H2,30,37)/t13?,14?,27?,28-/m0/s1. The molecule has 11 nitrogen and oxygen atoms in total. The SMILES string of the molecule is CN(C)c1cc(-c2ccc(C#N)nc2)c(O)c2c1CC1CC3CC(O)=C(C(N)=O)C4(O)CO[C@]34C(=O)C1=C2O. The van der Waals surface area contributed by atoms with Crippen LogP contribution in [0.5, 0.6) is 5.75 Å². The first-order valence-corrected chi connectivity index (χ1v) is 12.5. The molecule has 11 heteroatoms. The lowest BCUT2D eigenvalue weighted by Crippen LogP contribution is -2.80. The number of anilines is 1. The van der Waals surface area contributed by atoms with Gasteiger partial charge in [0.15, 0.2) is 17.0 Å². The van der Waals surface area contributed by atoms with E-state index in [4.69, 9.17) is 15.7 Å². The number of aromatic nitrogens is 1. The summed E-state index contributed by atoms with van der Waals surface area (Å²) in [6.45, 7) is -0.404. The third-order valence-electron chi connectivity index (χ3n) is 8.64. The van der Waals surface area contributed by atoms with Crippen LogP contribution in [0.4, 0.5) is 5.69 Å². The molecule has 6 rings (SSSR count). The number of fused-ring (bicyclic) bond motifs is 2. The third kappa shape index (κ3) is 3.01. The van der Waals surface area contributed by atoms with Crippen molar-refractivity contribution in [3.8, 4) is 22.9 Å². The maximum absolute atomic E-state index is 14.1. The number of ketones is 1. The predicted octanol–water partition coefficient (Wildman–Crippen LogP) is 1.62. The van der Waals surface area contributed by atoms with E-state index in [9.17, 15) is 30.0 Å². The first-order valence-electron chi connectivity index (χ1n) is 12.5. The quantitative estimate of drug-likeness (QED) is 0.390. The number of hydrogen-bond acceptors (Lipinski definition) is 10. The predicted molar refractivity (Wildman–Crippen MR) is 137 cm³/mol. The number of aliphatic hydroxyl groups is 3. The number of rotatable bonds is 3. The highest BCUT2D eigenvalue weighted by Crippen LogP contribution is 2.61. The lowest BCUT2D eigenvalue weighted by molar-refractivity contribution is -0.300. The first kappa shape index (κ1) is 24.9. The van der Waals surface area contributed by atoms with Gasteiger partial charge in [-0.1, -0.05) is 0 Å². The molecule has 200 valence electrons. The van der Waals surface area contributed by atoms with Crippen LogP contribution in [-0.2, 0) is 20.7 Å². The number of nitrogens with zero attached hydrogens (tertiary/aromatic N) is 3. The molecular formula is C28H26N4O7. The molecule has 1 amide bonds. The Balaban J connectivity index is 1.55. The Kier molecular flexibility index (Phi) is 5.14. The highest BCUT2D eigenvalue weighted by molar-refractivity contribution is 6.13. The molecule has 4 atom stereocenters. The molecule has 3 unspecified atom stereocenters. The van der Waals surface area contributed by atoms with Crippen molar-refractivity contribution in [2.45, 2.75) is 30.5 Å². The number of aliphatic hydroxyl groups excluding tert-OH is 2. The maximum Gasteiger partial charge on any atom is 0.251 e. The Hall–Kier alpha value is -4.40. The van der Waals surface area contributed by atoms with Gasteiger partial charge < -0.3 is 35.8 Å². The highest BCUT2D eigenvalue weighted by Gasteiger charge is 2.75. The van der Waals surface area contributed by atoms with Crippen molar-refractivity contribution >= 4 is 23.1 Å². The second kappa shape index (κ2) is 8.05. The van der Waals surface area contributed by atoms with Gasteiger partial charge in [0.25, 0.3) is 5.91 Å². The van der Waals surface area contributed by atoms with E-state index in [2.05, 4.69) is 4.98 Å². The molecule has 1 spiro atoms. The zero-order valence-electron chi connectivity index (χ0n) is 21.2. The molecule has 3 aliphatic carbocycles. The minimum absolute atomic E-state index is 0.00260. The number of aromatic hydroxyl groups is 1. The van der Waals surface area contributed by atoms with Crippen molar-refractivity contribution in [2.75, 3.05) is 25.6 Å². The van der Waals surface area contributed by atoms with Crippen LogP contribution in [0.2, 0.25) is 0 Å². The maximum atomic E-state index is 14.1. The molecule has 39 heavy (non-hydrogen) atoms. The lowest BCUT2D eigenvalue weighted by Gasteiger charge is -2.63. The van der Waals surface area contributed by atoms with Crippen LogP contribution in [0.25, 0.3) is 16.9 Å². The summed E-state index contributed by atoms with van der Waals surface area (Å²) in [6.07, 6.45) is 1.93. The normalized spacial score (nSPS) is 28.9. The Morgan fingerprint density at radius 1 is 1.26 bits per heavy atom. The molecule has 4 aliphatic rings. The number of carbonyl (C=O) groups excluding carboxylic acids is 2. The van der Waals surface area contributed by atoms with Crippen molar-refractivity contribution in [3.05, 3.63) is 58.1 Å². The van der Waals surface area contributed by atoms with Gasteiger partial charge in [-0.2, -0.15) is 5.26 Å². The molecule has 0 radical (unpaired) electrons. The van der Waals surface area contributed by atoms with Gasteiger partial charge in [-0.3, -0.25) is 9.59 Å². The topological polar surface area (TPSA) is 190 Å². The summed E-state index contributed by atoms with van der Waals surface area (Å²) in [5.41, 5.74) is 3.49. The summed E-state index contributed by atoms with van der Waals surface area (Å²) >= 11 is 0. The van der Waals surface area contributed by atoms with Crippen LogP contribution >= 0.6 is 0 Å². The second-order valence-electron chi connectivity index (χ2n) is 10.8. The number of amides is 1. The van der Waals surface area contributed by atoms with Crippen LogP contribution in [0, 0.1) is 23.2 Å². The number of primary amides is 1. The Labute approximate surface area is 223 Å². The molecular weight excluding hydrogens is 504 g/mol. The molecule has 1 aliphatic heterocycles. The number of Topliss-reactive ketones (excluding diaryl/α,β-unsaturated/α-hetero) is 1. The molecule has 2 fully saturated rings. The molecule has 6 N–H and O–H groups in total. The molecule has 0 bridgehead atoms. The van der Waals surface area contributed by atoms with Crippen LogP contribution in [-0.4, -0.2) is 69.0 Å². The average Bonchev–Trinajstić information content (AvgIpc) is 2.87. The van der Waals surface area contributed by atoms with E-state index in [0.717, 1.165) is 0 Å². The van der Waals surface area contributed by atoms with Crippen LogP contribution in [0.15, 0.2) is 41.3 Å². The van der Waals surface area contributed by atoms with E-state index in [1.807, 2.05) is 25.1 Å². The summed E-state index contributed by atoms with van der Waals surface area (Å²) in [5, 5.41) is 54.3. The fourth-order valence-corrected chi connectivity index (χ4v) is 6.94. The van der Waals surface area contributed by atoms with Crippen molar-refractivity contribution in [1.29, 1.82) is 5.26 Å². The largest absolute Gasteiger partial charge is 0.512 e. The van der Waals surface area contributed by atoms with Gasteiger partial charge in [0.1, 0.15) is 29.0 Å². The van der Waals surface area contributed by atoms with Gasteiger partial charge in [0.05, 0.1) is 17.7 Å². The Morgan fingerprint density at radius 3 is 2.56 bits per heavy atom. The van der Waals surface area contributed by atoms with E-state index in [1.54, 1.807) is 12.1 Å². The monoisotopic (exact) mass is 530 g/mol. The number of pyridine rings is 1. The Bertz CT molecular complexity index is 1590. The fourth-order valence-electron chi connectivity index (χ4n) is 6.94. The van der Waals surface area contributed by atoms with Gasteiger partial charge in [-0.15, -0.1) is 0 Å². The number of nitrogens with two attached hydrogens (primary N) is 1. The lowest BCUT2D eigenvalue weighted by atomic mass is 9.51. The van der Waals surface area contributed by atoms with Crippen LogP contribution in [0.3, 0.4) is 0 Å². The highest BCUT2D eigenvalue weighted by atomic mass is 16.6. The second-order valence-corrected chi connectivity index (χ2v) is 10.8. The number of benzene rings is 1. The zero-order chi connectivity index (χ0) is 28.0. The molecule has 2 heterocycles. The van der Waals surface area contributed by atoms with Crippen LogP contribution in [0.1, 0.15) is 29.7 Å². The van der Waals surface area contributed by atoms with Crippen molar-refractivity contribution < 1.29 is 34.8 Å². The van der Waals surface area contributed by atoms with E-state index in [-0.39, 0.29) is 41.2 Å². The number of phenols is 1. The number of nitriles is 1. The Morgan fingerprint density at radius 2 is 2.00 bits per heavy atom. The third-order valence-corrected chi connectivity index (χ3v) is 8.64. The summed E-state index contributed by atoms with van der Waals surface area (Å²) in [4.78, 5) is 32.2. The van der Waals surface area contributed by atoms with Crippen molar-refractivity contribution in [3.63, 3.8) is 0 Å². The smallest absolute Gasteiger partial charge is 0.251 e. The molecule has 2 aromatic rings. The molecule has 1 aromatic carbocycles. The van der Waals surface area contributed by atoms with Gasteiger partial charge >= 0.3 is 0 Å². The first-order chi connectivity index (χ1) is 18.5. The van der Waals surface area contributed by atoms with E-state index in [0.29, 0.717) is 28.8 Å². The number of phenolic OH excluding ortho intramolecular Hbond substituents is 1. The fraction of sp³-hybridized carbons (Fsp3) is 0.357. The molecule has 1 saturated heterocycles. The van der Waals surface area contributed by atoms with Gasteiger partial charge in [0.2, 0.25) is 0 Å². The molecule has 1 saturated carbocycles. The van der Waals surface area contributed by atoms with Crippen molar-refractivity contribution in [1.82, 2.24) is 4.98 Å². The van der Waals surface area contributed by atoms with Crippen LogP contribution < -0.4 is 10.6 Å². The number of carbonyl (C=O) groups is 2. The van der Waals surface area contributed by atoms with E-state index in [1.165, 1.54) is 12.3 Å². The minimum Gasteiger partial charge on any atom is -0.512 e. The molecule has 1 aromatic heterocycles. The summed E-state index contributed by atoms with van der Waals surface area (Å²) < 4.78 is 5.76. The average molecular weight is 531 g/mol. The van der Waals surface area contributed by atoms with Gasteiger partial charge in [-0.05, 0) is 42.5 Å². The minimum atomic E-state index is -2.13. The number of allylic oxidation sites excluding steroid dienone is 1. The summed E-state index contributed by atoms with van der Waals surface area (Å²) in [7, 11) is 3.64. The van der Waals surface area contributed by atoms with E-state index >= 15 is 0 Å². The van der Waals surface area contributed by atoms with Gasteiger partial charge in [-0.25, -0.2) is 4.98 Å². The zero-order valence-corrected chi connectivity index (χ0v) is 21.2. The summed E-state index contributed by atoms with van der Waals surface area (Å²) in [6, 6.07) is 6.86.